The summed E-state index contributed by atoms with van der Waals surface area (Å²) in [6.07, 6.45) is 0.997. The van der Waals surface area contributed by atoms with Crippen LogP contribution >= 0.6 is 0 Å². The largest absolute Gasteiger partial charge is 0.370 e. The van der Waals surface area contributed by atoms with Gasteiger partial charge < -0.3 is 15.1 Å². The fraction of sp³-hybridized carbons (Fsp3) is 0.450. The molecule has 0 saturated heterocycles. The van der Waals surface area contributed by atoms with Crippen LogP contribution in [-0.4, -0.2) is 65.9 Å². The van der Waals surface area contributed by atoms with Crippen molar-refractivity contribution in [3.8, 4) is 11.4 Å². The Morgan fingerprint density at radius 1 is 1.08 bits per heavy atom. The third-order valence-corrected chi connectivity index (χ3v) is 4.12. The standard InChI is InChI=1S/C20H29N5O/c1-5-25(6-2)20(26)17-15-18(21-13-10-14-24(3)4)23-19(22-17)16-11-8-7-9-12-16/h7-9,11-12,15H,5-6,10,13-14H2,1-4H3,(H,21,22,23). The van der Waals surface area contributed by atoms with Crippen molar-refractivity contribution in [1.82, 2.24) is 19.8 Å². The lowest BCUT2D eigenvalue weighted by molar-refractivity contribution is 0.0767. The Morgan fingerprint density at radius 2 is 1.77 bits per heavy atom. The summed E-state index contributed by atoms with van der Waals surface area (Å²) in [4.78, 5) is 25.8. The lowest BCUT2D eigenvalue weighted by Crippen LogP contribution is -2.31. The lowest BCUT2D eigenvalue weighted by Gasteiger charge is -2.19. The van der Waals surface area contributed by atoms with E-state index >= 15 is 0 Å². The molecule has 0 saturated carbocycles. The number of hydrogen-bond donors (Lipinski definition) is 1. The van der Waals surface area contributed by atoms with Gasteiger partial charge in [-0.2, -0.15) is 0 Å². The maximum Gasteiger partial charge on any atom is 0.272 e. The highest BCUT2D eigenvalue weighted by Crippen LogP contribution is 2.18. The molecule has 140 valence electrons. The van der Waals surface area contributed by atoms with Crippen LogP contribution in [-0.2, 0) is 0 Å². The summed E-state index contributed by atoms with van der Waals surface area (Å²) in [6, 6.07) is 11.5. The van der Waals surface area contributed by atoms with E-state index in [2.05, 4.69) is 34.3 Å². The molecule has 1 N–H and O–H groups in total. The Balaban J connectivity index is 2.29. The fourth-order valence-corrected chi connectivity index (χ4v) is 2.65. The third kappa shape index (κ3) is 5.52. The van der Waals surface area contributed by atoms with Crippen LogP contribution in [0, 0.1) is 0 Å². The number of hydrogen-bond acceptors (Lipinski definition) is 5. The summed E-state index contributed by atoms with van der Waals surface area (Å²) in [5.74, 6) is 1.19. The number of carbonyl (C=O) groups excluding carboxylic acids is 1. The van der Waals surface area contributed by atoms with Crippen LogP contribution in [0.5, 0.6) is 0 Å². The Hall–Kier alpha value is -2.47. The van der Waals surface area contributed by atoms with E-state index in [-0.39, 0.29) is 5.91 Å². The molecular weight excluding hydrogens is 326 g/mol. The van der Waals surface area contributed by atoms with Crippen molar-refractivity contribution in [3.63, 3.8) is 0 Å². The van der Waals surface area contributed by atoms with E-state index in [0.29, 0.717) is 30.4 Å². The predicted molar refractivity (Wildman–Crippen MR) is 106 cm³/mol. The Morgan fingerprint density at radius 3 is 2.38 bits per heavy atom. The minimum atomic E-state index is -0.0640. The maximum absolute atomic E-state index is 12.8. The van der Waals surface area contributed by atoms with Crippen LogP contribution in [0.2, 0.25) is 0 Å². The highest BCUT2D eigenvalue weighted by molar-refractivity contribution is 5.93. The average Bonchev–Trinajstić information content (AvgIpc) is 2.66. The number of rotatable bonds is 9. The van der Waals surface area contributed by atoms with Crippen molar-refractivity contribution in [3.05, 3.63) is 42.1 Å². The monoisotopic (exact) mass is 355 g/mol. The SMILES string of the molecule is CCN(CC)C(=O)c1cc(NCCCN(C)C)nc(-c2ccccc2)n1. The second-order valence-electron chi connectivity index (χ2n) is 6.39. The number of anilines is 1. The zero-order chi connectivity index (χ0) is 18.9. The molecule has 0 atom stereocenters. The lowest BCUT2D eigenvalue weighted by atomic mass is 10.2. The van der Waals surface area contributed by atoms with Crippen molar-refractivity contribution >= 4 is 11.7 Å². The summed E-state index contributed by atoms with van der Waals surface area (Å²) in [7, 11) is 4.11. The van der Waals surface area contributed by atoms with Gasteiger partial charge in [-0.3, -0.25) is 4.79 Å². The Bertz CT molecular complexity index is 699. The van der Waals surface area contributed by atoms with Crippen LogP contribution in [0.15, 0.2) is 36.4 Å². The van der Waals surface area contributed by atoms with Crippen molar-refractivity contribution in [2.45, 2.75) is 20.3 Å². The van der Waals surface area contributed by atoms with Crippen LogP contribution in [0.3, 0.4) is 0 Å². The molecule has 1 aromatic carbocycles. The first kappa shape index (κ1) is 19.8. The molecule has 26 heavy (non-hydrogen) atoms. The van der Waals surface area contributed by atoms with Gasteiger partial charge in [0.2, 0.25) is 0 Å². The van der Waals surface area contributed by atoms with Gasteiger partial charge in [-0.25, -0.2) is 9.97 Å². The summed E-state index contributed by atoms with van der Waals surface area (Å²) in [5, 5.41) is 3.33. The molecule has 1 aromatic heterocycles. The van der Waals surface area contributed by atoms with Crippen molar-refractivity contribution < 1.29 is 4.79 Å². The maximum atomic E-state index is 12.8. The minimum Gasteiger partial charge on any atom is -0.370 e. The predicted octanol–water partition coefficient (Wildman–Crippen LogP) is 2.99. The van der Waals surface area contributed by atoms with E-state index in [0.717, 1.165) is 25.1 Å². The number of nitrogens with zero attached hydrogens (tertiary/aromatic N) is 4. The van der Waals surface area contributed by atoms with Crippen LogP contribution < -0.4 is 5.32 Å². The zero-order valence-electron chi connectivity index (χ0n) is 16.2. The molecule has 2 aromatic rings. The second kappa shape index (κ2) is 9.87. The summed E-state index contributed by atoms with van der Waals surface area (Å²) >= 11 is 0. The first-order valence-corrected chi connectivity index (χ1v) is 9.17. The summed E-state index contributed by atoms with van der Waals surface area (Å²) in [5.41, 5.74) is 1.33. The molecule has 1 amide bonds. The van der Waals surface area contributed by atoms with E-state index in [4.69, 9.17) is 0 Å². The number of benzene rings is 1. The van der Waals surface area contributed by atoms with Crippen LogP contribution in [0.4, 0.5) is 5.82 Å². The molecule has 0 aliphatic rings. The van der Waals surface area contributed by atoms with Gasteiger partial charge in [0.25, 0.3) is 5.91 Å². The minimum absolute atomic E-state index is 0.0640. The number of amides is 1. The normalized spacial score (nSPS) is 10.8. The van der Waals surface area contributed by atoms with Crippen molar-refractivity contribution in [2.75, 3.05) is 45.6 Å². The van der Waals surface area contributed by atoms with E-state index < -0.39 is 0 Å². The van der Waals surface area contributed by atoms with Gasteiger partial charge in [0.15, 0.2) is 5.82 Å². The molecule has 0 spiro atoms. The van der Waals surface area contributed by atoms with Gasteiger partial charge in [-0.1, -0.05) is 30.3 Å². The van der Waals surface area contributed by atoms with E-state index in [1.807, 2.05) is 44.2 Å². The molecule has 1 heterocycles. The molecule has 0 fully saturated rings. The van der Waals surface area contributed by atoms with Crippen molar-refractivity contribution in [1.29, 1.82) is 0 Å². The number of nitrogens with one attached hydrogen (secondary N) is 1. The van der Waals surface area contributed by atoms with Gasteiger partial charge in [0, 0.05) is 31.3 Å². The number of aromatic nitrogens is 2. The molecule has 6 heteroatoms. The molecule has 0 bridgehead atoms. The van der Waals surface area contributed by atoms with Crippen molar-refractivity contribution in [2.24, 2.45) is 0 Å². The number of carbonyl (C=O) groups is 1. The molecule has 2 rings (SSSR count). The van der Waals surface area contributed by atoms with Gasteiger partial charge in [-0.15, -0.1) is 0 Å². The highest BCUT2D eigenvalue weighted by atomic mass is 16.2. The van der Waals surface area contributed by atoms with Crippen LogP contribution in [0.1, 0.15) is 30.8 Å². The van der Waals surface area contributed by atoms with Gasteiger partial charge >= 0.3 is 0 Å². The van der Waals surface area contributed by atoms with Gasteiger partial charge in [0.1, 0.15) is 11.5 Å². The Labute approximate surface area is 156 Å². The van der Waals surface area contributed by atoms with E-state index in [1.54, 1.807) is 11.0 Å². The smallest absolute Gasteiger partial charge is 0.272 e. The van der Waals surface area contributed by atoms with Crippen LogP contribution in [0.25, 0.3) is 11.4 Å². The van der Waals surface area contributed by atoms with E-state index in [1.165, 1.54) is 0 Å². The third-order valence-electron chi connectivity index (χ3n) is 4.12. The van der Waals surface area contributed by atoms with E-state index in [9.17, 15) is 4.79 Å². The summed E-state index contributed by atoms with van der Waals surface area (Å²) in [6.45, 7) is 7.05. The molecule has 0 aliphatic carbocycles. The average molecular weight is 355 g/mol. The molecule has 0 unspecified atom stereocenters. The summed E-state index contributed by atoms with van der Waals surface area (Å²) < 4.78 is 0. The first-order chi connectivity index (χ1) is 12.5. The molecule has 6 nitrogen and oxygen atoms in total. The molecule has 0 aliphatic heterocycles. The quantitative estimate of drug-likeness (QED) is 0.701. The first-order valence-electron chi connectivity index (χ1n) is 9.17. The second-order valence-corrected chi connectivity index (χ2v) is 6.39. The van der Waals surface area contributed by atoms with Gasteiger partial charge in [-0.05, 0) is 40.9 Å². The Kier molecular flexibility index (Phi) is 7.53. The van der Waals surface area contributed by atoms with Gasteiger partial charge in [0.05, 0.1) is 0 Å². The topological polar surface area (TPSA) is 61.4 Å². The zero-order valence-corrected chi connectivity index (χ0v) is 16.2. The molecular formula is C20H29N5O. The highest BCUT2D eigenvalue weighted by Gasteiger charge is 2.17. The fourth-order valence-electron chi connectivity index (χ4n) is 2.65. The molecule has 0 radical (unpaired) electrons.